The summed E-state index contributed by atoms with van der Waals surface area (Å²) in [6.07, 6.45) is 2.49. The molecule has 0 bridgehead atoms. The zero-order valence-electron chi connectivity index (χ0n) is 15.0. The van der Waals surface area contributed by atoms with Crippen LogP contribution in [0.15, 0.2) is 15.5 Å². The molecule has 128 valence electrons. The molecular formula is C14H35N3O3Si. The SMILES string of the molecule is CCC(C)=NO.CCC(C)=NO.CCC(C)=NO.CC[SiH3]. The van der Waals surface area contributed by atoms with E-state index in [2.05, 4.69) is 22.4 Å². The van der Waals surface area contributed by atoms with Crippen molar-refractivity contribution in [2.75, 3.05) is 0 Å². The highest BCUT2D eigenvalue weighted by Crippen LogP contribution is 1.79. The fraction of sp³-hybridized carbons (Fsp3) is 0.786. The Bertz CT molecular complexity index is 238. The first-order chi connectivity index (χ1) is 9.84. The van der Waals surface area contributed by atoms with E-state index < -0.39 is 0 Å². The molecule has 0 rings (SSSR count). The average molecular weight is 322 g/mol. The predicted molar refractivity (Wildman–Crippen MR) is 96.0 cm³/mol. The van der Waals surface area contributed by atoms with Crippen molar-refractivity contribution in [3.8, 4) is 0 Å². The van der Waals surface area contributed by atoms with Gasteiger partial charge in [0.2, 0.25) is 0 Å². The molecule has 0 amide bonds. The van der Waals surface area contributed by atoms with Gasteiger partial charge >= 0.3 is 0 Å². The number of nitrogens with zero attached hydrogens (tertiary/aromatic N) is 3. The molecule has 0 aromatic rings. The highest BCUT2D eigenvalue weighted by Gasteiger charge is 1.78. The monoisotopic (exact) mass is 321 g/mol. The molecule has 0 aromatic heterocycles. The Morgan fingerprint density at radius 3 is 0.810 bits per heavy atom. The summed E-state index contributed by atoms with van der Waals surface area (Å²) in [5, 5.41) is 32.5. The molecule has 6 nitrogen and oxygen atoms in total. The summed E-state index contributed by atoms with van der Waals surface area (Å²) in [7, 11) is 1.37. The van der Waals surface area contributed by atoms with Gasteiger partial charge in [0.1, 0.15) is 0 Å². The topological polar surface area (TPSA) is 97.8 Å². The second kappa shape index (κ2) is 27.1. The van der Waals surface area contributed by atoms with E-state index in [-0.39, 0.29) is 0 Å². The van der Waals surface area contributed by atoms with Gasteiger partial charge in [0.05, 0.1) is 17.1 Å². The Morgan fingerprint density at radius 2 is 0.810 bits per heavy atom. The van der Waals surface area contributed by atoms with Crippen LogP contribution < -0.4 is 0 Å². The first-order valence-electron chi connectivity index (χ1n) is 7.37. The summed E-state index contributed by atoms with van der Waals surface area (Å²) in [6.45, 7) is 13.3. The van der Waals surface area contributed by atoms with Crippen LogP contribution in [0.5, 0.6) is 0 Å². The smallest absolute Gasteiger partial charge is 0.0537 e. The zero-order valence-corrected chi connectivity index (χ0v) is 17.0. The minimum Gasteiger partial charge on any atom is -0.411 e. The van der Waals surface area contributed by atoms with E-state index in [1.54, 1.807) is 20.8 Å². The number of hydrogen-bond acceptors (Lipinski definition) is 6. The molecule has 3 N–H and O–H groups in total. The molecule has 0 heterocycles. The van der Waals surface area contributed by atoms with Gasteiger partial charge in [-0.15, -0.1) is 0 Å². The number of hydrogen-bond donors (Lipinski definition) is 3. The summed E-state index contributed by atoms with van der Waals surface area (Å²) in [4.78, 5) is 0. The maximum atomic E-state index is 7.92. The van der Waals surface area contributed by atoms with Gasteiger partial charge in [-0.25, -0.2) is 0 Å². The van der Waals surface area contributed by atoms with Crippen molar-refractivity contribution in [3.63, 3.8) is 0 Å². The van der Waals surface area contributed by atoms with Gasteiger partial charge in [0, 0.05) is 10.2 Å². The summed E-state index contributed by atoms with van der Waals surface area (Å²) < 4.78 is 0. The van der Waals surface area contributed by atoms with Crippen molar-refractivity contribution in [1.29, 1.82) is 0 Å². The second-order valence-electron chi connectivity index (χ2n) is 4.27. The molecule has 0 saturated heterocycles. The zero-order chi connectivity index (χ0) is 17.7. The normalized spacial score (nSPS) is 11.3. The Balaban J connectivity index is -0.0000000944. The molecule has 0 atom stereocenters. The average Bonchev–Trinajstić information content (AvgIpc) is 2.54. The molecule has 0 radical (unpaired) electrons. The van der Waals surface area contributed by atoms with Gasteiger partial charge in [-0.2, -0.15) is 0 Å². The Hall–Kier alpha value is -1.37. The lowest BCUT2D eigenvalue weighted by atomic mass is 10.3. The number of rotatable bonds is 3. The van der Waals surface area contributed by atoms with Crippen molar-refractivity contribution in [2.24, 2.45) is 15.5 Å². The predicted octanol–water partition coefficient (Wildman–Crippen LogP) is 3.53. The molecule has 0 aliphatic heterocycles. The first kappa shape index (κ1) is 27.9. The van der Waals surface area contributed by atoms with Gasteiger partial charge in [-0.05, 0) is 40.0 Å². The molecule has 7 heteroatoms. The van der Waals surface area contributed by atoms with Crippen molar-refractivity contribution in [2.45, 2.75) is 73.8 Å². The van der Waals surface area contributed by atoms with Crippen molar-refractivity contribution in [3.05, 3.63) is 0 Å². The molecular weight excluding hydrogens is 286 g/mol. The van der Waals surface area contributed by atoms with E-state index >= 15 is 0 Å². The third kappa shape index (κ3) is 45.6. The van der Waals surface area contributed by atoms with Crippen LogP contribution in [0, 0.1) is 0 Å². The summed E-state index contributed by atoms with van der Waals surface area (Å²) in [5.41, 5.74) is 2.32. The van der Waals surface area contributed by atoms with E-state index in [0.29, 0.717) is 0 Å². The van der Waals surface area contributed by atoms with Crippen LogP contribution in [0.1, 0.15) is 67.7 Å². The Labute approximate surface area is 133 Å². The maximum absolute atomic E-state index is 7.92. The third-order valence-corrected chi connectivity index (χ3v) is 2.05. The van der Waals surface area contributed by atoms with E-state index in [4.69, 9.17) is 15.6 Å². The lowest BCUT2D eigenvalue weighted by Crippen LogP contribution is -1.83. The van der Waals surface area contributed by atoms with E-state index in [1.165, 1.54) is 16.3 Å². The molecule has 0 unspecified atom stereocenters. The van der Waals surface area contributed by atoms with Crippen LogP contribution in [0.3, 0.4) is 0 Å². The quantitative estimate of drug-likeness (QED) is 0.321. The van der Waals surface area contributed by atoms with Gasteiger partial charge in [-0.1, -0.05) is 49.2 Å². The standard InChI is InChI=1S/3C4H9NO.C2H8Si/c3*1-3-4(2)5-6;1-2-3/h3*6H,3H2,1-2H3;2H2,1,3H3. The lowest BCUT2D eigenvalue weighted by Gasteiger charge is -1.81. The van der Waals surface area contributed by atoms with Crippen molar-refractivity contribution in [1.82, 2.24) is 0 Å². The first-order valence-corrected chi connectivity index (χ1v) is 8.78. The highest BCUT2D eigenvalue weighted by molar-refractivity contribution is 6.08. The minimum absolute atomic E-state index is 0.773. The highest BCUT2D eigenvalue weighted by atomic mass is 28.1. The summed E-state index contributed by atoms with van der Waals surface area (Å²) in [6, 6.07) is 1.39. The van der Waals surface area contributed by atoms with E-state index in [0.717, 1.165) is 36.4 Å². The molecule has 0 aromatic carbocycles. The van der Waals surface area contributed by atoms with E-state index in [1.807, 2.05) is 20.8 Å². The van der Waals surface area contributed by atoms with Crippen LogP contribution in [-0.4, -0.2) is 43.0 Å². The third-order valence-electron chi connectivity index (χ3n) is 2.05. The largest absolute Gasteiger partial charge is 0.411 e. The van der Waals surface area contributed by atoms with Crippen LogP contribution >= 0.6 is 0 Å². The molecule has 0 aliphatic carbocycles. The Morgan fingerprint density at radius 1 is 0.667 bits per heavy atom. The van der Waals surface area contributed by atoms with Crippen LogP contribution in [0.25, 0.3) is 0 Å². The fourth-order valence-electron chi connectivity index (χ4n) is 0.212. The molecule has 0 saturated carbocycles. The van der Waals surface area contributed by atoms with Crippen LogP contribution in [0.2, 0.25) is 6.04 Å². The lowest BCUT2D eigenvalue weighted by molar-refractivity contribution is 0.317. The molecule has 0 spiro atoms. The summed E-state index contributed by atoms with van der Waals surface area (Å²) in [5.74, 6) is 0. The molecule has 0 aliphatic rings. The van der Waals surface area contributed by atoms with Gasteiger partial charge in [0.25, 0.3) is 0 Å². The van der Waals surface area contributed by atoms with Gasteiger partial charge in [0.15, 0.2) is 0 Å². The fourth-order valence-corrected chi connectivity index (χ4v) is 0.212. The van der Waals surface area contributed by atoms with E-state index in [9.17, 15) is 0 Å². The maximum Gasteiger partial charge on any atom is 0.0537 e. The Kier molecular flexibility index (Phi) is 35.9. The van der Waals surface area contributed by atoms with Crippen molar-refractivity contribution >= 4 is 27.4 Å². The number of oxime groups is 3. The molecule has 21 heavy (non-hydrogen) atoms. The van der Waals surface area contributed by atoms with Crippen LogP contribution in [0.4, 0.5) is 0 Å². The minimum atomic E-state index is 0.773. The molecule has 0 fully saturated rings. The van der Waals surface area contributed by atoms with Gasteiger partial charge in [-0.3, -0.25) is 0 Å². The van der Waals surface area contributed by atoms with Crippen LogP contribution in [-0.2, 0) is 0 Å². The summed E-state index contributed by atoms with van der Waals surface area (Å²) >= 11 is 0. The van der Waals surface area contributed by atoms with Crippen molar-refractivity contribution < 1.29 is 15.6 Å². The van der Waals surface area contributed by atoms with Gasteiger partial charge < -0.3 is 15.6 Å². The second-order valence-corrected chi connectivity index (χ2v) is 5.69.